The predicted molar refractivity (Wildman–Crippen MR) is 112 cm³/mol. The molecule has 0 bridgehead atoms. The van der Waals surface area contributed by atoms with Crippen LogP contribution in [-0.4, -0.2) is 38.0 Å². The highest BCUT2D eigenvalue weighted by Crippen LogP contribution is 2.33. The minimum Gasteiger partial charge on any atom is -0.462 e. The molecule has 1 heterocycles. The normalized spacial score (nSPS) is 10.3. The zero-order valence-electron chi connectivity index (χ0n) is 16.1. The Morgan fingerprint density at radius 2 is 1.93 bits per heavy atom. The molecule has 0 radical (unpaired) electrons. The summed E-state index contributed by atoms with van der Waals surface area (Å²) in [7, 11) is 1.50. The molecule has 0 fully saturated rings. The maximum absolute atomic E-state index is 12.4. The van der Waals surface area contributed by atoms with E-state index in [0.717, 1.165) is 16.9 Å². The molecule has 2 rings (SSSR count). The van der Waals surface area contributed by atoms with E-state index in [1.165, 1.54) is 7.05 Å². The summed E-state index contributed by atoms with van der Waals surface area (Å²) >= 11 is 7.11. The summed E-state index contributed by atoms with van der Waals surface area (Å²) in [4.78, 5) is 37.1. The maximum Gasteiger partial charge on any atom is 0.341 e. The minimum absolute atomic E-state index is 0.0338. The van der Waals surface area contributed by atoms with E-state index in [1.54, 1.807) is 19.9 Å². The summed E-state index contributed by atoms with van der Waals surface area (Å²) in [6.45, 7) is 5.38. The number of thiophene rings is 1. The lowest BCUT2D eigenvalue weighted by atomic mass is 10.1. The summed E-state index contributed by atoms with van der Waals surface area (Å²) in [6.07, 6.45) is 0. The molecule has 7 nitrogen and oxygen atoms in total. The van der Waals surface area contributed by atoms with Crippen LogP contribution in [0.4, 0.5) is 10.7 Å². The highest BCUT2D eigenvalue weighted by molar-refractivity contribution is 7.18. The number of hydrogen-bond acceptors (Lipinski definition) is 6. The number of anilines is 2. The molecule has 1 aromatic carbocycles. The SMILES string of the molecule is CCOC(=O)c1c(NC(=O)CNc2ccc(C)c(Cl)c2)sc(C(=O)NC)c1C. The second-order valence-electron chi connectivity index (χ2n) is 5.93. The molecule has 0 saturated heterocycles. The van der Waals surface area contributed by atoms with Crippen molar-refractivity contribution in [1.82, 2.24) is 5.32 Å². The van der Waals surface area contributed by atoms with E-state index in [1.807, 2.05) is 19.1 Å². The first-order valence-electron chi connectivity index (χ1n) is 8.60. The van der Waals surface area contributed by atoms with Gasteiger partial charge in [0.25, 0.3) is 5.91 Å². The van der Waals surface area contributed by atoms with Crippen LogP contribution in [0.3, 0.4) is 0 Å². The Morgan fingerprint density at radius 3 is 2.54 bits per heavy atom. The Labute approximate surface area is 172 Å². The second-order valence-corrected chi connectivity index (χ2v) is 7.35. The Bertz CT molecular complexity index is 911. The molecule has 0 aliphatic carbocycles. The number of carbonyl (C=O) groups is 3. The number of ether oxygens (including phenoxy) is 1. The minimum atomic E-state index is -0.583. The third-order valence-electron chi connectivity index (χ3n) is 3.94. The van der Waals surface area contributed by atoms with Crippen molar-refractivity contribution in [3.05, 3.63) is 44.8 Å². The smallest absolute Gasteiger partial charge is 0.341 e. The van der Waals surface area contributed by atoms with Gasteiger partial charge in [-0.25, -0.2) is 4.79 Å². The number of carbonyl (C=O) groups excluding carboxylic acids is 3. The summed E-state index contributed by atoms with van der Waals surface area (Å²) in [5.41, 5.74) is 2.30. The van der Waals surface area contributed by atoms with Gasteiger partial charge >= 0.3 is 5.97 Å². The van der Waals surface area contributed by atoms with Crippen LogP contribution in [0.2, 0.25) is 5.02 Å². The van der Waals surface area contributed by atoms with Gasteiger partial charge in [0.1, 0.15) is 5.00 Å². The van der Waals surface area contributed by atoms with Gasteiger partial charge in [0.05, 0.1) is 23.6 Å². The number of amides is 2. The highest BCUT2D eigenvalue weighted by Gasteiger charge is 2.26. The Balaban J connectivity index is 2.18. The molecule has 0 aliphatic rings. The van der Waals surface area contributed by atoms with Crippen molar-refractivity contribution in [2.75, 3.05) is 30.8 Å². The van der Waals surface area contributed by atoms with Gasteiger partial charge in [0.2, 0.25) is 5.91 Å². The fourth-order valence-corrected chi connectivity index (χ4v) is 3.77. The number of benzene rings is 1. The van der Waals surface area contributed by atoms with Crippen LogP contribution < -0.4 is 16.0 Å². The van der Waals surface area contributed by atoms with Crippen molar-refractivity contribution < 1.29 is 19.1 Å². The molecule has 0 saturated carbocycles. The fraction of sp³-hybridized carbons (Fsp3) is 0.316. The summed E-state index contributed by atoms with van der Waals surface area (Å²) in [5.74, 6) is -1.28. The molecule has 0 atom stereocenters. The third-order valence-corrected chi connectivity index (χ3v) is 5.55. The maximum atomic E-state index is 12.4. The molecule has 150 valence electrons. The van der Waals surface area contributed by atoms with Crippen LogP contribution in [0, 0.1) is 13.8 Å². The molecule has 0 spiro atoms. The summed E-state index contributed by atoms with van der Waals surface area (Å²) in [6, 6.07) is 5.39. The van der Waals surface area contributed by atoms with Crippen molar-refractivity contribution in [2.24, 2.45) is 0 Å². The lowest BCUT2D eigenvalue weighted by Crippen LogP contribution is -2.22. The van der Waals surface area contributed by atoms with E-state index in [4.69, 9.17) is 16.3 Å². The zero-order chi connectivity index (χ0) is 20.8. The average molecular weight is 424 g/mol. The van der Waals surface area contributed by atoms with E-state index >= 15 is 0 Å². The number of hydrogen-bond donors (Lipinski definition) is 3. The first-order chi connectivity index (χ1) is 13.3. The summed E-state index contributed by atoms with van der Waals surface area (Å²) in [5, 5.41) is 9.07. The Hall–Kier alpha value is -2.58. The van der Waals surface area contributed by atoms with Crippen molar-refractivity contribution >= 4 is 51.4 Å². The van der Waals surface area contributed by atoms with Crippen LogP contribution in [0.1, 0.15) is 38.1 Å². The van der Waals surface area contributed by atoms with E-state index < -0.39 is 5.97 Å². The number of aryl methyl sites for hydroxylation is 1. The number of nitrogens with one attached hydrogen (secondary N) is 3. The summed E-state index contributed by atoms with van der Waals surface area (Å²) < 4.78 is 5.07. The van der Waals surface area contributed by atoms with E-state index in [9.17, 15) is 14.4 Å². The number of esters is 1. The molecule has 0 aliphatic heterocycles. The molecule has 28 heavy (non-hydrogen) atoms. The average Bonchev–Trinajstić information content (AvgIpc) is 2.98. The van der Waals surface area contributed by atoms with Crippen LogP contribution >= 0.6 is 22.9 Å². The van der Waals surface area contributed by atoms with Crippen LogP contribution in [0.5, 0.6) is 0 Å². The Morgan fingerprint density at radius 1 is 1.21 bits per heavy atom. The van der Waals surface area contributed by atoms with Crippen molar-refractivity contribution in [3.8, 4) is 0 Å². The molecular formula is C19H22ClN3O4S. The second kappa shape index (κ2) is 9.57. The lowest BCUT2D eigenvalue weighted by molar-refractivity contribution is -0.114. The van der Waals surface area contributed by atoms with Gasteiger partial charge in [-0.15, -0.1) is 11.3 Å². The van der Waals surface area contributed by atoms with Crippen LogP contribution in [-0.2, 0) is 9.53 Å². The van der Waals surface area contributed by atoms with E-state index in [0.29, 0.717) is 21.2 Å². The molecule has 9 heteroatoms. The third kappa shape index (κ3) is 5.02. The molecular weight excluding hydrogens is 402 g/mol. The monoisotopic (exact) mass is 423 g/mol. The van der Waals surface area contributed by atoms with E-state index in [2.05, 4.69) is 16.0 Å². The van der Waals surface area contributed by atoms with Gasteiger partial charge in [-0.1, -0.05) is 17.7 Å². The predicted octanol–water partition coefficient (Wildman–Crippen LogP) is 3.61. The molecule has 2 amide bonds. The topological polar surface area (TPSA) is 96.5 Å². The molecule has 3 N–H and O–H groups in total. The first-order valence-corrected chi connectivity index (χ1v) is 9.80. The van der Waals surface area contributed by atoms with Crippen molar-refractivity contribution in [1.29, 1.82) is 0 Å². The van der Waals surface area contributed by atoms with Gasteiger partial charge < -0.3 is 20.7 Å². The van der Waals surface area contributed by atoms with Gasteiger partial charge in [-0.3, -0.25) is 9.59 Å². The largest absolute Gasteiger partial charge is 0.462 e. The number of halogens is 1. The van der Waals surface area contributed by atoms with Gasteiger partial charge in [0.15, 0.2) is 0 Å². The van der Waals surface area contributed by atoms with Gasteiger partial charge in [-0.05, 0) is 44.0 Å². The Kier molecular flexibility index (Phi) is 7.42. The van der Waals surface area contributed by atoms with Gasteiger partial charge in [0, 0.05) is 17.8 Å². The number of rotatable bonds is 7. The van der Waals surface area contributed by atoms with Gasteiger partial charge in [-0.2, -0.15) is 0 Å². The molecule has 2 aromatic rings. The van der Waals surface area contributed by atoms with Crippen LogP contribution in [0.25, 0.3) is 0 Å². The fourth-order valence-electron chi connectivity index (χ4n) is 2.44. The first kappa shape index (κ1) is 21.7. The zero-order valence-corrected chi connectivity index (χ0v) is 17.6. The van der Waals surface area contributed by atoms with Crippen molar-refractivity contribution in [2.45, 2.75) is 20.8 Å². The quantitative estimate of drug-likeness (QED) is 0.591. The highest BCUT2D eigenvalue weighted by atomic mass is 35.5. The van der Waals surface area contributed by atoms with Crippen LogP contribution in [0.15, 0.2) is 18.2 Å². The lowest BCUT2D eigenvalue weighted by Gasteiger charge is -2.09. The standard InChI is InChI=1S/C19H22ClN3O4S/c1-5-27-19(26)15-11(3)16(17(25)21-4)28-18(15)23-14(24)9-22-12-7-6-10(2)13(20)8-12/h6-8,22H,5,9H2,1-4H3,(H,21,25)(H,23,24). The van der Waals surface area contributed by atoms with Crippen molar-refractivity contribution in [3.63, 3.8) is 0 Å². The molecule has 0 unspecified atom stereocenters. The molecule has 1 aromatic heterocycles. The van der Waals surface area contributed by atoms with E-state index in [-0.39, 0.29) is 35.5 Å².